The molecular formula is C30H32N2O4. The van der Waals surface area contributed by atoms with Gasteiger partial charge in [-0.2, -0.15) is 0 Å². The third kappa shape index (κ3) is 4.76. The van der Waals surface area contributed by atoms with Gasteiger partial charge in [0.05, 0.1) is 18.2 Å². The van der Waals surface area contributed by atoms with E-state index in [0.717, 1.165) is 28.0 Å². The number of hydrogen-bond acceptors (Lipinski definition) is 5. The number of aryl methyl sites for hydroxylation is 2. The van der Waals surface area contributed by atoms with Gasteiger partial charge in [0, 0.05) is 24.5 Å². The Hall–Kier alpha value is -3.93. The Labute approximate surface area is 212 Å². The fourth-order valence-corrected chi connectivity index (χ4v) is 4.68. The quantitative estimate of drug-likeness (QED) is 0.259. The van der Waals surface area contributed by atoms with E-state index in [1.54, 1.807) is 35.5 Å². The molecule has 0 saturated carbocycles. The summed E-state index contributed by atoms with van der Waals surface area (Å²) in [5, 5.41) is 11.5. The second kappa shape index (κ2) is 10.4. The summed E-state index contributed by atoms with van der Waals surface area (Å²) in [4.78, 5) is 32.4. The molecule has 1 saturated heterocycles. The summed E-state index contributed by atoms with van der Waals surface area (Å²) in [7, 11) is 0. The molecule has 186 valence electrons. The highest BCUT2D eigenvalue weighted by Crippen LogP contribution is 2.41. The molecule has 6 heteroatoms. The number of aliphatic hydroxyl groups is 1. The number of carbonyl (C=O) groups is 2. The van der Waals surface area contributed by atoms with Gasteiger partial charge in [0.1, 0.15) is 11.5 Å². The lowest BCUT2D eigenvalue weighted by atomic mass is 9.93. The van der Waals surface area contributed by atoms with E-state index >= 15 is 0 Å². The van der Waals surface area contributed by atoms with Crippen LogP contribution in [0.1, 0.15) is 66.1 Å². The Kier molecular flexibility index (Phi) is 7.25. The van der Waals surface area contributed by atoms with Crippen molar-refractivity contribution in [1.82, 2.24) is 9.88 Å². The van der Waals surface area contributed by atoms with Crippen LogP contribution in [0.3, 0.4) is 0 Å². The maximum absolute atomic E-state index is 13.4. The Balaban J connectivity index is 1.87. The average molecular weight is 485 g/mol. The topological polar surface area (TPSA) is 79.7 Å². The average Bonchev–Trinajstić information content (AvgIpc) is 3.11. The maximum Gasteiger partial charge on any atom is 0.295 e. The third-order valence-electron chi connectivity index (χ3n) is 6.61. The second-order valence-corrected chi connectivity index (χ2v) is 9.48. The van der Waals surface area contributed by atoms with Crippen LogP contribution in [-0.4, -0.2) is 33.3 Å². The number of ketones is 1. The lowest BCUT2D eigenvalue weighted by Gasteiger charge is -2.26. The van der Waals surface area contributed by atoms with Crippen LogP contribution < -0.4 is 4.74 Å². The number of hydrogen-bond donors (Lipinski definition) is 1. The van der Waals surface area contributed by atoms with Crippen LogP contribution in [0.15, 0.2) is 66.5 Å². The molecule has 4 rings (SSSR count). The Morgan fingerprint density at radius 1 is 1.06 bits per heavy atom. The molecule has 0 spiro atoms. The Morgan fingerprint density at radius 2 is 1.78 bits per heavy atom. The molecule has 36 heavy (non-hydrogen) atoms. The highest BCUT2D eigenvalue weighted by molar-refractivity contribution is 6.46. The Morgan fingerprint density at radius 3 is 2.44 bits per heavy atom. The van der Waals surface area contributed by atoms with Crippen molar-refractivity contribution in [2.45, 2.75) is 53.1 Å². The monoisotopic (exact) mass is 484 g/mol. The number of rotatable bonds is 7. The number of benzene rings is 2. The fraction of sp³-hybridized carbons (Fsp3) is 0.300. The normalized spacial score (nSPS) is 17.2. The summed E-state index contributed by atoms with van der Waals surface area (Å²) in [6.45, 7) is 10.8. The first kappa shape index (κ1) is 25.2. The predicted octanol–water partition coefficient (Wildman–Crippen LogP) is 5.84. The summed E-state index contributed by atoms with van der Waals surface area (Å²) in [6.07, 6.45) is 3.25. The van der Waals surface area contributed by atoms with E-state index in [1.165, 1.54) is 0 Å². The molecule has 0 bridgehead atoms. The van der Waals surface area contributed by atoms with Crippen LogP contribution in [0.4, 0.5) is 0 Å². The minimum atomic E-state index is -0.734. The molecule has 1 amide bonds. The molecule has 2 heterocycles. The fourth-order valence-electron chi connectivity index (χ4n) is 4.68. The lowest BCUT2D eigenvalue weighted by molar-refractivity contribution is -0.140. The molecule has 1 fully saturated rings. The van der Waals surface area contributed by atoms with Crippen LogP contribution in [0, 0.1) is 13.8 Å². The van der Waals surface area contributed by atoms with E-state index < -0.39 is 17.7 Å². The number of Topliss-reactive ketones (excluding diaryl/α,β-unsaturated/α-hetero) is 1. The van der Waals surface area contributed by atoms with Crippen LogP contribution in [0.5, 0.6) is 5.75 Å². The molecular weight excluding hydrogens is 452 g/mol. The number of carbonyl (C=O) groups excluding carboxylic acids is 2. The number of likely N-dealkylation sites (tertiary alicyclic amines) is 1. The number of aromatic nitrogens is 1. The van der Waals surface area contributed by atoms with Crippen molar-refractivity contribution in [3.63, 3.8) is 0 Å². The van der Waals surface area contributed by atoms with Crippen molar-refractivity contribution in [2.24, 2.45) is 0 Å². The molecule has 6 nitrogen and oxygen atoms in total. The van der Waals surface area contributed by atoms with E-state index in [2.05, 4.69) is 4.98 Å². The van der Waals surface area contributed by atoms with Crippen LogP contribution >= 0.6 is 0 Å². The van der Waals surface area contributed by atoms with E-state index in [0.29, 0.717) is 17.7 Å². The molecule has 1 aliphatic rings. The van der Waals surface area contributed by atoms with Gasteiger partial charge >= 0.3 is 0 Å². The number of ether oxygens (including phenoxy) is 1. The van der Waals surface area contributed by atoms with Gasteiger partial charge in [-0.1, -0.05) is 37.6 Å². The molecule has 3 aromatic rings. The molecule has 0 radical (unpaired) electrons. The van der Waals surface area contributed by atoms with E-state index in [4.69, 9.17) is 4.74 Å². The van der Waals surface area contributed by atoms with Crippen molar-refractivity contribution in [3.8, 4) is 5.75 Å². The predicted molar refractivity (Wildman–Crippen MR) is 140 cm³/mol. The van der Waals surface area contributed by atoms with E-state index in [-0.39, 0.29) is 23.8 Å². The van der Waals surface area contributed by atoms with Gasteiger partial charge in [0.25, 0.3) is 11.7 Å². The maximum atomic E-state index is 13.4. The van der Waals surface area contributed by atoms with Crippen molar-refractivity contribution >= 4 is 17.4 Å². The molecule has 1 aromatic heterocycles. The van der Waals surface area contributed by atoms with Crippen molar-refractivity contribution in [2.75, 3.05) is 6.61 Å². The van der Waals surface area contributed by atoms with Gasteiger partial charge in [-0.15, -0.1) is 0 Å². The number of aliphatic hydroxyl groups excluding tert-OH is 1. The summed E-state index contributed by atoms with van der Waals surface area (Å²) < 4.78 is 5.76. The SMILES string of the molecule is CCOc1ccc(/C(O)=C2/C(=O)C(=O)N(Cc3cc(C)ccc3C)C2c2ccncc2)cc1C(C)C. The number of nitrogens with zero attached hydrogens (tertiary/aromatic N) is 2. The zero-order valence-corrected chi connectivity index (χ0v) is 21.4. The lowest BCUT2D eigenvalue weighted by Crippen LogP contribution is -2.29. The van der Waals surface area contributed by atoms with Gasteiger partial charge in [-0.05, 0) is 79.3 Å². The molecule has 0 aliphatic carbocycles. The van der Waals surface area contributed by atoms with Gasteiger partial charge < -0.3 is 14.7 Å². The van der Waals surface area contributed by atoms with Crippen molar-refractivity contribution in [1.29, 1.82) is 0 Å². The minimum absolute atomic E-state index is 0.0790. The van der Waals surface area contributed by atoms with Crippen molar-refractivity contribution < 1.29 is 19.4 Å². The van der Waals surface area contributed by atoms with E-state index in [1.807, 2.05) is 65.0 Å². The molecule has 1 N–H and O–H groups in total. The first-order valence-corrected chi connectivity index (χ1v) is 12.2. The van der Waals surface area contributed by atoms with Gasteiger partial charge in [0.15, 0.2) is 0 Å². The van der Waals surface area contributed by atoms with E-state index in [9.17, 15) is 14.7 Å². The smallest absolute Gasteiger partial charge is 0.295 e. The third-order valence-corrected chi connectivity index (χ3v) is 6.61. The standard InChI is InChI=1S/C30H32N2O4/c1-6-36-25-10-9-22(16-24(25)18(2)3)28(33)26-27(21-11-13-31-14-12-21)32(30(35)29(26)34)17-23-15-19(4)7-8-20(23)5/h7-16,18,27,33H,6,17H2,1-5H3/b28-26-. The van der Waals surface area contributed by atoms with Gasteiger partial charge in [-0.3, -0.25) is 14.6 Å². The van der Waals surface area contributed by atoms with Gasteiger partial charge in [0.2, 0.25) is 0 Å². The van der Waals surface area contributed by atoms with Crippen LogP contribution in [0.25, 0.3) is 5.76 Å². The summed E-state index contributed by atoms with van der Waals surface area (Å²) in [5.41, 5.74) is 5.25. The van der Waals surface area contributed by atoms with Gasteiger partial charge in [-0.25, -0.2) is 0 Å². The summed E-state index contributed by atoms with van der Waals surface area (Å²) in [6, 6.07) is 14.3. The minimum Gasteiger partial charge on any atom is -0.507 e. The molecule has 1 aliphatic heterocycles. The van der Waals surface area contributed by atoms with Crippen molar-refractivity contribution in [3.05, 3.63) is 99.9 Å². The number of pyridine rings is 1. The number of amides is 1. The zero-order chi connectivity index (χ0) is 26.0. The first-order chi connectivity index (χ1) is 17.2. The molecule has 1 atom stereocenters. The van der Waals surface area contributed by atoms with Crippen LogP contribution in [-0.2, 0) is 16.1 Å². The second-order valence-electron chi connectivity index (χ2n) is 9.48. The summed E-state index contributed by atoms with van der Waals surface area (Å²) >= 11 is 0. The highest BCUT2D eigenvalue weighted by Gasteiger charge is 2.46. The first-order valence-electron chi connectivity index (χ1n) is 12.2. The van der Waals surface area contributed by atoms with Crippen LogP contribution in [0.2, 0.25) is 0 Å². The largest absolute Gasteiger partial charge is 0.507 e. The highest BCUT2D eigenvalue weighted by atomic mass is 16.5. The summed E-state index contributed by atoms with van der Waals surface area (Å²) in [5.74, 6) is -0.635. The zero-order valence-electron chi connectivity index (χ0n) is 21.4. The Bertz CT molecular complexity index is 1330. The molecule has 2 aromatic carbocycles. The molecule has 1 unspecified atom stereocenters.